The predicted octanol–water partition coefficient (Wildman–Crippen LogP) is 2.03. The molecule has 25 heavy (non-hydrogen) atoms. The summed E-state index contributed by atoms with van der Waals surface area (Å²) in [6, 6.07) is 15.8. The highest BCUT2D eigenvalue weighted by Gasteiger charge is 2.04. The van der Waals surface area contributed by atoms with Gasteiger partial charge in [-0.15, -0.1) is 0 Å². The zero-order valence-electron chi connectivity index (χ0n) is 13.5. The average Bonchev–Trinajstić information content (AvgIpc) is 2.64. The van der Waals surface area contributed by atoms with Crippen molar-refractivity contribution in [2.24, 2.45) is 0 Å². The fourth-order valence-electron chi connectivity index (χ4n) is 1.85. The molecule has 0 aliphatic carbocycles. The van der Waals surface area contributed by atoms with Crippen LogP contribution in [-0.4, -0.2) is 38.1 Å². The van der Waals surface area contributed by atoms with Crippen LogP contribution >= 0.6 is 11.6 Å². The van der Waals surface area contributed by atoms with E-state index >= 15 is 0 Å². The number of carbonyl (C=O) groups excluding carboxylic acids is 2. The molecule has 132 valence electrons. The molecule has 0 heterocycles. The van der Waals surface area contributed by atoms with Gasteiger partial charge in [-0.3, -0.25) is 9.59 Å². The number of amides is 2. The van der Waals surface area contributed by atoms with Gasteiger partial charge in [-0.25, -0.2) is 0 Å². The summed E-state index contributed by atoms with van der Waals surface area (Å²) in [4.78, 5) is 23.3. The van der Waals surface area contributed by atoms with Crippen molar-refractivity contribution in [2.45, 2.75) is 0 Å². The number of hydrogen-bond donors (Lipinski definition) is 2. The zero-order chi connectivity index (χ0) is 17.9. The van der Waals surface area contributed by atoms with Gasteiger partial charge >= 0.3 is 0 Å². The minimum Gasteiger partial charge on any atom is -0.484 e. The monoisotopic (exact) mass is 362 g/mol. The van der Waals surface area contributed by atoms with Crippen LogP contribution in [0.2, 0.25) is 5.02 Å². The van der Waals surface area contributed by atoms with Crippen molar-refractivity contribution >= 4 is 23.4 Å². The Morgan fingerprint density at radius 1 is 0.760 bits per heavy atom. The molecule has 0 unspecified atom stereocenters. The normalized spacial score (nSPS) is 9.96. The number of para-hydroxylation sites is 1. The molecule has 2 rings (SSSR count). The van der Waals surface area contributed by atoms with Gasteiger partial charge in [0.25, 0.3) is 11.8 Å². The minimum absolute atomic E-state index is 0.0718. The molecule has 0 aliphatic rings. The van der Waals surface area contributed by atoms with E-state index in [-0.39, 0.29) is 25.0 Å². The number of nitrogens with one attached hydrogen (secondary N) is 2. The maximum absolute atomic E-state index is 11.6. The highest BCUT2D eigenvalue weighted by Crippen LogP contribution is 2.15. The van der Waals surface area contributed by atoms with Gasteiger partial charge in [0.1, 0.15) is 11.5 Å². The average molecular weight is 363 g/mol. The summed E-state index contributed by atoms with van der Waals surface area (Å²) in [5, 5.41) is 5.90. The van der Waals surface area contributed by atoms with Crippen LogP contribution in [0.15, 0.2) is 54.6 Å². The lowest BCUT2D eigenvalue weighted by Crippen LogP contribution is -2.38. The Hall–Kier alpha value is -2.73. The maximum atomic E-state index is 11.6. The zero-order valence-corrected chi connectivity index (χ0v) is 14.3. The van der Waals surface area contributed by atoms with E-state index in [2.05, 4.69) is 10.6 Å². The smallest absolute Gasteiger partial charge is 0.258 e. The second-order valence-electron chi connectivity index (χ2n) is 5.04. The molecule has 0 bridgehead atoms. The lowest BCUT2D eigenvalue weighted by molar-refractivity contribution is -0.124. The number of benzene rings is 2. The molecular formula is C18H19ClN2O4. The van der Waals surface area contributed by atoms with Gasteiger partial charge in [0.05, 0.1) is 0 Å². The van der Waals surface area contributed by atoms with Gasteiger partial charge < -0.3 is 20.1 Å². The first-order valence-electron chi connectivity index (χ1n) is 7.73. The van der Waals surface area contributed by atoms with Crippen LogP contribution in [0.3, 0.4) is 0 Å². The van der Waals surface area contributed by atoms with Gasteiger partial charge in [0.15, 0.2) is 13.2 Å². The summed E-state index contributed by atoms with van der Waals surface area (Å²) in [7, 11) is 0. The molecule has 2 aromatic rings. The van der Waals surface area contributed by atoms with Crippen LogP contribution < -0.4 is 20.1 Å². The first kappa shape index (κ1) is 18.6. The van der Waals surface area contributed by atoms with Crippen molar-refractivity contribution in [3.8, 4) is 11.5 Å². The second-order valence-corrected chi connectivity index (χ2v) is 5.48. The minimum atomic E-state index is -0.273. The predicted molar refractivity (Wildman–Crippen MR) is 94.9 cm³/mol. The van der Waals surface area contributed by atoms with E-state index in [1.807, 2.05) is 18.2 Å². The van der Waals surface area contributed by atoms with Crippen molar-refractivity contribution < 1.29 is 19.1 Å². The van der Waals surface area contributed by atoms with Crippen molar-refractivity contribution in [1.82, 2.24) is 10.6 Å². The Morgan fingerprint density at radius 3 is 1.76 bits per heavy atom. The quantitative estimate of drug-likeness (QED) is 0.669. The largest absolute Gasteiger partial charge is 0.484 e. The molecular weight excluding hydrogens is 344 g/mol. The summed E-state index contributed by atoms with van der Waals surface area (Å²) in [5.41, 5.74) is 0. The highest BCUT2D eigenvalue weighted by atomic mass is 35.5. The third kappa shape index (κ3) is 7.58. The Kier molecular flexibility index (Phi) is 7.59. The van der Waals surface area contributed by atoms with Crippen LogP contribution in [0, 0.1) is 0 Å². The topological polar surface area (TPSA) is 76.7 Å². The van der Waals surface area contributed by atoms with Crippen LogP contribution in [0.1, 0.15) is 0 Å². The molecule has 0 aromatic heterocycles. The van der Waals surface area contributed by atoms with E-state index in [1.165, 1.54) is 0 Å². The summed E-state index contributed by atoms with van der Waals surface area (Å²) in [6.07, 6.45) is 0. The van der Waals surface area contributed by atoms with E-state index in [1.54, 1.807) is 36.4 Å². The van der Waals surface area contributed by atoms with Crippen molar-refractivity contribution in [3.05, 3.63) is 59.6 Å². The third-order valence-electron chi connectivity index (χ3n) is 3.07. The molecule has 0 saturated carbocycles. The van der Waals surface area contributed by atoms with Gasteiger partial charge in [-0.05, 0) is 36.4 Å². The molecule has 7 heteroatoms. The lowest BCUT2D eigenvalue weighted by Gasteiger charge is -2.09. The van der Waals surface area contributed by atoms with Crippen LogP contribution in [0.4, 0.5) is 0 Å². The molecule has 6 nitrogen and oxygen atoms in total. The molecule has 0 aliphatic heterocycles. The van der Waals surface area contributed by atoms with E-state index < -0.39 is 0 Å². The lowest BCUT2D eigenvalue weighted by atomic mass is 10.3. The standard InChI is InChI=1S/C18H19ClN2O4/c19-14-6-8-16(9-7-14)25-13-18(23)21-11-10-20-17(22)12-24-15-4-2-1-3-5-15/h1-9H,10-13H2,(H,20,22)(H,21,23). The van der Waals surface area contributed by atoms with E-state index in [0.29, 0.717) is 29.6 Å². The number of ether oxygens (including phenoxy) is 2. The van der Waals surface area contributed by atoms with E-state index in [4.69, 9.17) is 21.1 Å². The first-order chi connectivity index (χ1) is 12.1. The number of hydrogen-bond acceptors (Lipinski definition) is 4. The van der Waals surface area contributed by atoms with Gasteiger partial charge in [0, 0.05) is 18.1 Å². The molecule has 0 atom stereocenters. The van der Waals surface area contributed by atoms with Crippen molar-refractivity contribution in [1.29, 1.82) is 0 Å². The van der Waals surface area contributed by atoms with Crippen molar-refractivity contribution in [2.75, 3.05) is 26.3 Å². The highest BCUT2D eigenvalue weighted by molar-refractivity contribution is 6.30. The molecule has 0 spiro atoms. The summed E-state index contributed by atoms with van der Waals surface area (Å²) >= 11 is 5.76. The molecule has 0 radical (unpaired) electrons. The van der Waals surface area contributed by atoms with Gasteiger partial charge in [0.2, 0.25) is 0 Å². The van der Waals surface area contributed by atoms with Crippen LogP contribution in [0.25, 0.3) is 0 Å². The van der Waals surface area contributed by atoms with Crippen LogP contribution in [0.5, 0.6) is 11.5 Å². The Labute approximate surface area is 151 Å². The van der Waals surface area contributed by atoms with Crippen LogP contribution in [-0.2, 0) is 9.59 Å². The van der Waals surface area contributed by atoms with Gasteiger partial charge in [-0.2, -0.15) is 0 Å². The van der Waals surface area contributed by atoms with E-state index in [9.17, 15) is 9.59 Å². The molecule has 2 aromatic carbocycles. The Balaban J connectivity index is 1.53. The second kappa shape index (κ2) is 10.2. The maximum Gasteiger partial charge on any atom is 0.258 e. The fraction of sp³-hybridized carbons (Fsp3) is 0.222. The Morgan fingerprint density at radius 2 is 1.24 bits per heavy atom. The number of halogens is 1. The number of rotatable bonds is 9. The summed E-state index contributed by atoms with van der Waals surface area (Å²) < 4.78 is 10.6. The first-order valence-corrected chi connectivity index (χ1v) is 8.11. The van der Waals surface area contributed by atoms with Crippen molar-refractivity contribution in [3.63, 3.8) is 0 Å². The van der Waals surface area contributed by atoms with Gasteiger partial charge in [-0.1, -0.05) is 29.8 Å². The molecule has 2 N–H and O–H groups in total. The Bertz CT molecular complexity index is 677. The SMILES string of the molecule is O=C(COc1ccccc1)NCCNC(=O)COc1ccc(Cl)cc1. The summed E-state index contributed by atoms with van der Waals surface area (Å²) in [6.45, 7) is 0.438. The molecule has 0 saturated heterocycles. The molecule has 0 fully saturated rings. The molecule has 2 amide bonds. The summed E-state index contributed by atoms with van der Waals surface area (Å²) in [5.74, 6) is 0.663. The third-order valence-corrected chi connectivity index (χ3v) is 3.32. The fourth-order valence-corrected chi connectivity index (χ4v) is 1.98. The van der Waals surface area contributed by atoms with E-state index in [0.717, 1.165) is 0 Å². The number of carbonyl (C=O) groups is 2.